The Hall–Kier alpha value is -0.770. The molecular weight excluding hydrogens is 379 g/mol. The van der Waals surface area contributed by atoms with Crippen LogP contribution in [-0.4, -0.2) is 40.4 Å². The van der Waals surface area contributed by atoms with Crippen molar-refractivity contribution in [1.29, 1.82) is 0 Å². The SMILES string of the molecule is CCCCCCCCN1C(=O)N(CC#CI)C(C)(C)C1=O. The van der Waals surface area contributed by atoms with Gasteiger partial charge >= 0.3 is 6.03 Å². The van der Waals surface area contributed by atoms with E-state index >= 15 is 0 Å². The van der Waals surface area contributed by atoms with Crippen molar-refractivity contribution in [3.63, 3.8) is 0 Å². The summed E-state index contributed by atoms with van der Waals surface area (Å²) in [7, 11) is 0. The molecule has 0 bridgehead atoms. The number of imide groups is 1. The Balaban J connectivity index is 2.52. The normalized spacial score (nSPS) is 17.1. The van der Waals surface area contributed by atoms with Gasteiger partial charge in [0.15, 0.2) is 0 Å². The largest absolute Gasteiger partial charge is 0.328 e. The van der Waals surface area contributed by atoms with Crippen LogP contribution in [0.5, 0.6) is 0 Å². The molecule has 1 fully saturated rings. The second-order valence-electron chi connectivity index (χ2n) is 5.92. The summed E-state index contributed by atoms with van der Waals surface area (Å²) in [6, 6.07) is -0.197. The molecule has 0 aliphatic carbocycles. The molecule has 0 aromatic carbocycles. The highest BCUT2D eigenvalue weighted by Crippen LogP contribution is 2.27. The summed E-state index contributed by atoms with van der Waals surface area (Å²) in [5.74, 6) is 2.77. The van der Waals surface area contributed by atoms with Crippen LogP contribution < -0.4 is 0 Å². The van der Waals surface area contributed by atoms with Crippen LogP contribution in [0.3, 0.4) is 0 Å². The number of hydrogen-bond donors (Lipinski definition) is 0. The van der Waals surface area contributed by atoms with Crippen molar-refractivity contribution in [3.05, 3.63) is 0 Å². The van der Waals surface area contributed by atoms with Crippen LogP contribution in [0.2, 0.25) is 0 Å². The summed E-state index contributed by atoms with van der Waals surface area (Å²) in [5, 5.41) is 0. The van der Waals surface area contributed by atoms with Crippen molar-refractivity contribution in [3.8, 4) is 9.85 Å². The fraction of sp³-hybridized carbons (Fsp3) is 0.750. The molecular formula is C16H25IN2O2. The summed E-state index contributed by atoms with van der Waals surface area (Å²) in [4.78, 5) is 27.7. The first-order chi connectivity index (χ1) is 9.96. The summed E-state index contributed by atoms with van der Waals surface area (Å²) in [5.41, 5.74) is -0.778. The third kappa shape index (κ3) is 4.60. The van der Waals surface area contributed by atoms with Gasteiger partial charge in [0, 0.05) is 29.1 Å². The average Bonchev–Trinajstić information content (AvgIpc) is 2.60. The highest BCUT2D eigenvalue weighted by atomic mass is 127. The maximum absolute atomic E-state index is 12.4. The van der Waals surface area contributed by atoms with Crippen molar-refractivity contribution >= 4 is 34.5 Å². The van der Waals surface area contributed by atoms with E-state index in [0.717, 1.165) is 12.8 Å². The van der Waals surface area contributed by atoms with Crippen LogP contribution in [-0.2, 0) is 4.79 Å². The van der Waals surface area contributed by atoms with Gasteiger partial charge < -0.3 is 0 Å². The highest BCUT2D eigenvalue weighted by molar-refractivity contribution is 14.1. The molecule has 4 nitrogen and oxygen atoms in total. The Kier molecular flexibility index (Phi) is 7.50. The number of urea groups is 1. The standard InChI is InChI=1S/C16H25IN2O2/c1-4-5-6-7-8-9-12-18-14(20)16(2,3)19(15(18)21)13-10-11-17/h4-9,12-13H2,1-3H3. The first-order valence-corrected chi connectivity index (χ1v) is 8.76. The van der Waals surface area contributed by atoms with Gasteiger partial charge in [0.1, 0.15) is 5.54 Å². The smallest absolute Gasteiger partial charge is 0.299 e. The van der Waals surface area contributed by atoms with Gasteiger partial charge in [-0.3, -0.25) is 14.6 Å². The second-order valence-corrected chi connectivity index (χ2v) is 6.46. The minimum absolute atomic E-state index is 0.101. The molecule has 0 N–H and O–H groups in total. The zero-order chi connectivity index (χ0) is 15.9. The van der Waals surface area contributed by atoms with Crippen molar-refractivity contribution in [2.75, 3.05) is 13.1 Å². The van der Waals surface area contributed by atoms with Gasteiger partial charge in [-0.2, -0.15) is 0 Å². The number of halogens is 1. The molecule has 0 atom stereocenters. The maximum Gasteiger partial charge on any atom is 0.328 e. The van der Waals surface area contributed by atoms with Gasteiger partial charge in [0.2, 0.25) is 0 Å². The lowest BCUT2D eigenvalue weighted by Gasteiger charge is -2.25. The van der Waals surface area contributed by atoms with E-state index in [4.69, 9.17) is 0 Å². The molecule has 0 aromatic rings. The van der Waals surface area contributed by atoms with E-state index in [1.807, 2.05) is 22.6 Å². The Morgan fingerprint density at radius 1 is 1.10 bits per heavy atom. The van der Waals surface area contributed by atoms with Crippen LogP contribution in [0.15, 0.2) is 0 Å². The second kappa shape index (κ2) is 8.62. The molecule has 0 unspecified atom stereocenters. The van der Waals surface area contributed by atoms with E-state index in [1.54, 1.807) is 18.7 Å². The van der Waals surface area contributed by atoms with Gasteiger partial charge in [-0.15, -0.1) is 0 Å². The van der Waals surface area contributed by atoms with E-state index in [0.29, 0.717) is 13.1 Å². The number of carbonyl (C=O) groups is 2. The van der Waals surface area contributed by atoms with Crippen LogP contribution in [0.4, 0.5) is 4.79 Å². The van der Waals surface area contributed by atoms with E-state index in [-0.39, 0.29) is 11.9 Å². The Morgan fingerprint density at radius 3 is 2.33 bits per heavy atom. The van der Waals surface area contributed by atoms with Crippen LogP contribution in [0.1, 0.15) is 59.3 Å². The summed E-state index contributed by atoms with van der Waals surface area (Å²) in [6.45, 7) is 6.62. The fourth-order valence-corrected chi connectivity index (χ4v) is 2.71. The molecule has 1 rings (SSSR count). The molecule has 1 saturated heterocycles. The molecule has 1 aliphatic heterocycles. The minimum atomic E-state index is -0.778. The molecule has 0 radical (unpaired) electrons. The third-order valence-electron chi connectivity index (χ3n) is 3.94. The number of carbonyl (C=O) groups excluding carboxylic acids is 2. The zero-order valence-electron chi connectivity index (χ0n) is 13.2. The molecule has 0 saturated carbocycles. The maximum atomic E-state index is 12.4. The van der Waals surface area contributed by atoms with Crippen molar-refractivity contribution in [2.45, 2.75) is 64.8 Å². The molecule has 3 amide bonds. The molecule has 5 heteroatoms. The lowest BCUT2D eigenvalue weighted by Crippen LogP contribution is -2.44. The highest BCUT2D eigenvalue weighted by Gasteiger charge is 2.50. The van der Waals surface area contributed by atoms with Gasteiger partial charge in [-0.05, 0) is 24.2 Å². The number of rotatable bonds is 8. The van der Waals surface area contributed by atoms with Crippen LogP contribution in [0, 0.1) is 9.85 Å². The predicted molar refractivity (Wildman–Crippen MR) is 93.1 cm³/mol. The van der Waals surface area contributed by atoms with Gasteiger partial charge in [0.05, 0.1) is 6.54 Å². The molecule has 1 heterocycles. The van der Waals surface area contributed by atoms with Crippen molar-refractivity contribution in [2.24, 2.45) is 0 Å². The average molecular weight is 404 g/mol. The Morgan fingerprint density at radius 2 is 1.71 bits per heavy atom. The van der Waals surface area contributed by atoms with E-state index in [1.165, 1.54) is 30.6 Å². The Labute approximate surface area is 141 Å². The topological polar surface area (TPSA) is 40.6 Å². The minimum Gasteiger partial charge on any atom is -0.299 e. The van der Waals surface area contributed by atoms with Crippen molar-refractivity contribution in [1.82, 2.24) is 9.80 Å². The number of nitrogens with zero attached hydrogens (tertiary/aromatic N) is 2. The van der Waals surface area contributed by atoms with E-state index < -0.39 is 5.54 Å². The Bertz CT molecular complexity index is 437. The molecule has 21 heavy (non-hydrogen) atoms. The molecule has 0 aromatic heterocycles. The quantitative estimate of drug-likeness (QED) is 0.267. The summed E-state index contributed by atoms with van der Waals surface area (Å²) in [6.07, 6.45) is 6.87. The first-order valence-electron chi connectivity index (χ1n) is 7.68. The van der Waals surface area contributed by atoms with Gasteiger partial charge in [-0.25, -0.2) is 4.79 Å². The number of amides is 3. The van der Waals surface area contributed by atoms with Crippen molar-refractivity contribution < 1.29 is 9.59 Å². The van der Waals surface area contributed by atoms with Gasteiger partial charge in [-0.1, -0.05) is 44.9 Å². The first kappa shape index (κ1) is 18.3. The monoisotopic (exact) mass is 404 g/mol. The molecule has 118 valence electrons. The number of unbranched alkanes of at least 4 members (excludes halogenated alkanes) is 5. The van der Waals surface area contributed by atoms with Gasteiger partial charge in [0.25, 0.3) is 5.91 Å². The lowest BCUT2D eigenvalue weighted by molar-refractivity contribution is -0.131. The van der Waals surface area contributed by atoms with E-state index in [9.17, 15) is 9.59 Å². The molecule has 0 spiro atoms. The summed E-state index contributed by atoms with van der Waals surface area (Å²) < 4.78 is 2.75. The zero-order valence-corrected chi connectivity index (χ0v) is 15.4. The van der Waals surface area contributed by atoms with Crippen LogP contribution >= 0.6 is 22.6 Å². The van der Waals surface area contributed by atoms with Crippen LogP contribution in [0.25, 0.3) is 0 Å². The summed E-state index contributed by atoms with van der Waals surface area (Å²) >= 11 is 1.94. The molecule has 1 aliphatic rings. The fourth-order valence-electron chi connectivity index (χ4n) is 2.54. The lowest BCUT2D eigenvalue weighted by atomic mass is 10.0. The third-order valence-corrected chi connectivity index (χ3v) is 4.33. The predicted octanol–water partition coefficient (Wildman–Crippen LogP) is 3.79. The van der Waals surface area contributed by atoms with E-state index in [2.05, 4.69) is 16.8 Å². The number of hydrogen-bond acceptors (Lipinski definition) is 2.